The molecule has 0 spiro atoms. The van der Waals surface area contributed by atoms with E-state index in [-0.39, 0.29) is 23.9 Å². The Morgan fingerprint density at radius 2 is 1.56 bits per heavy atom. The summed E-state index contributed by atoms with van der Waals surface area (Å²) in [6, 6.07) is 29.3. The van der Waals surface area contributed by atoms with Gasteiger partial charge in [-0.15, -0.1) is 0 Å². The van der Waals surface area contributed by atoms with Crippen LogP contribution in [-0.4, -0.2) is 57.0 Å². The number of nitrogens with zero attached hydrogens (tertiary/aromatic N) is 4. The van der Waals surface area contributed by atoms with E-state index in [1.165, 1.54) is 22.5 Å². The molecule has 0 saturated heterocycles. The molecule has 0 aromatic heterocycles. The first-order valence-corrected chi connectivity index (χ1v) is 15.3. The van der Waals surface area contributed by atoms with Gasteiger partial charge in [0.1, 0.15) is 5.92 Å². The Bertz CT molecular complexity index is 1760. The van der Waals surface area contributed by atoms with Crippen molar-refractivity contribution in [1.29, 1.82) is 0 Å². The topological polar surface area (TPSA) is 125 Å². The smallest absolute Gasteiger partial charge is 0.269 e. The molecular formula is C32H31N5O5S. The van der Waals surface area contributed by atoms with Crippen LogP contribution in [0, 0.1) is 10.1 Å². The molecule has 1 heterocycles. The van der Waals surface area contributed by atoms with Crippen LogP contribution >= 0.6 is 0 Å². The Labute approximate surface area is 250 Å². The van der Waals surface area contributed by atoms with Gasteiger partial charge in [-0.25, -0.2) is 8.42 Å². The fourth-order valence-electron chi connectivity index (χ4n) is 4.95. The number of sulfonamides is 1. The van der Waals surface area contributed by atoms with E-state index in [0.717, 1.165) is 0 Å². The van der Waals surface area contributed by atoms with Gasteiger partial charge in [-0.1, -0.05) is 60.7 Å². The molecule has 0 saturated carbocycles. The quantitative estimate of drug-likeness (QED) is 0.141. The lowest BCUT2D eigenvalue weighted by atomic mass is 9.90. The van der Waals surface area contributed by atoms with Crippen LogP contribution in [0.25, 0.3) is 0 Å². The van der Waals surface area contributed by atoms with Crippen LogP contribution in [0.2, 0.25) is 0 Å². The summed E-state index contributed by atoms with van der Waals surface area (Å²) in [7, 11) is 0.0664. The molecular weight excluding hydrogens is 566 g/mol. The van der Waals surface area contributed by atoms with Gasteiger partial charge in [0.05, 0.1) is 27.8 Å². The van der Waals surface area contributed by atoms with Crippen LogP contribution in [0.1, 0.15) is 22.6 Å². The Kier molecular flexibility index (Phi) is 8.65. The summed E-state index contributed by atoms with van der Waals surface area (Å²) >= 11 is 0. The molecule has 4 aromatic rings. The van der Waals surface area contributed by atoms with Crippen LogP contribution < -0.4 is 9.62 Å². The van der Waals surface area contributed by atoms with E-state index in [4.69, 9.17) is 4.99 Å². The minimum absolute atomic E-state index is 0.119. The van der Waals surface area contributed by atoms with Gasteiger partial charge in [0.25, 0.3) is 5.69 Å². The first-order valence-electron chi connectivity index (χ1n) is 13.6. The lowest BCUT2D eigenvalue weighted by Gasteiger charge is -2.26. The minimum atomic E-state index is -3.71. The number of amides is 1. The van der Waals surface area contributed by atoms with Crippen LogP contribution in [-0.2, 0) is 20.6 Å². The summed E-state index contributed by atoms with van der Waals surface area (Å²) in [6.45, 7) is 0.784. The fourth-order valence-corrected chi connectivity index (χ4v) is 6.53. The molecule has 10 nitrogen and oxygen atoms in total. The highest BCUT2D eigenvalue weighted by Crippen LogP contribution is 2.38. The SMILES string of the molecule is CN(C)CCN(c1ccc(N=C(c2ccccc2)C2C(=O)Nc3ccc([N+](=O)[O-])cc32)cc1)S(=O)(=O)Cc1ccccc1. The number of non-ortho nitro benzene ring substituents is 1. The Hall–Kier alpha value is -4.87. The van der Waals surface area contributed by atoms with Crippen molar-refractivity contribution in [3.8, 4) is 0 Å². The fraction of sp³-hybridized carbons (Fsp3) is 0.188. The summed E-state index contributed by atoms with van der Waals surface area (Å²) < 4.78 is 28.5. The number of fused-ring (bicyclic) bond motifs is 1. The molecule has 0 aliphatic carbocycles. The highest BCUT2D eigenvalue weighted by molar-refractivity contribution is 7.92. The molecule has 0 radical (unpaired) electrons. The second-order valence-electron chi connectivity index (χ2n) is 10.4. The average molecular weight is 598 g/mol. The van der Waals surface area contributed by atoms with Gasteiger partial charge < -0.3 is 10.2 Å². The number of hydrogen-bond acceptors (Lipinski definition) is 7. The molecule has 43 heavy (non-hydrogen) atoms. The number of rotatable bonds is 11. The third kappa shape index (κ3) is 6.79. The molecule has 1 aliphatic rings. The van der Waals surface area contributed by atoms with Crippen molar-refractivity contribution in [2.24, 2.45) is 4.99 Å². The van der Waals surface area contributed by atoms with Crippen LogP contribution in [0.3, 0.4) is 0 Å². The predicted octanol–water partition coefficient (Wildman–Crippen LogP) is 5.35. The van der Waals surface area contributed by atoms with Gasteiger partial charge >= 0.3 is 0 Å². The molecule has 1 aliphatic heterocycles. The van der Waals surface area contributed by atoms with E-state index in [0.29, 0.717) is 46.0 Å². The maximum atomic E-state index is 13.6. The van der Waals surface area contributed by atoms with Crippen molar-refractivity contribution in [2.45, 2.75) is 11.7 Å². The lowest BCUT2D eigenvalue weighted by molar-refractivity contribution is -0.384. The zero-order valence-electron chi connectivity index (χ0n) is 23.8. The van der Waals surface area contributed by atoms with Crippen LogP contribution in [0.15, 0.2) is 108 Å². The standard InChI is InChI=1S/C32H31N5O5S/c1-35(2)19-20-36(43(41,42)22-23-9-5-3-6-10-23)26-15-13-25(14-16-26)33-31(24-11-7-4-8-12-24)30-28-21-27(37(39)40)17-18-29(28)34-32(30)38/h3-18,21,30H,19-20,22H2,1-2H3,(H,34,38). The molecule has 1 amide bonds. The van der Waals surface area contributed by atoms with Crippen LogP contribution in [0.5, 0.6) is 0 Å². The van der Waals surface area contributed by atoms with Crippen molar-refractivity contribution in [2.75, 3.05) is 36.8 Å². The maximum absolute atomic E-state index is 13.6. The molecule has 220 valence electrons. The summed E-state index contributed by atoms with van der Waals surface area (Å²) in [5.74, 6) is -1.35. The normalized spacial score (nSPS) is 14.8. The zero-order chi connectivity index (χ0) is 30.6. The monoisotopic (exact) mass is 597 g/mol. The highest BCUT2D eigenvalue weighted by Gasteiger charge is 2.36. The number of carbonyl (C=O) groups excluding carboxylic acids is 1. The number of hydrogen-bond donors (Lipinski definition) is 1. The molecule has 1 N–H and O–H groups in total. The number of nitro benzene ring substituents is 1. The van der Waals surface area contributed by atoms with Gasteiger partial charge in [0.2, 0.25) is 15.9 Å². The van der Waals surface area contributed by atoms with E-state index < -0.39 is 20.9 Å². The molecule has 0 bridgehead atoms. The zero-order valence-corrected chi connectivity index (χ0v) is 24.6. The maximum Gasteiger partial charge on any atom is 0.269 e. The molecule has 1 unspecified atom stereocenters. The van der Waals surface area contributed by atoms with Gasteiger partial charge in [-0.05, 0) is 55.6 Å². The second kappa shape index (κ2) is 12.6. The highest BCUT2D eigenvalue weighted by atomic mass is 32.2. The third-order valence-electron chi connectivity index (χ3n) is 7.09. The van der Waals surface area contributed by atoms with Crippen molar-refractivity contribution >= 4 is 44.4 Å². The molecule has 4 aromatic carbocycles. The number of benzene rings is 4. The lowest BCUT2D eigenvalue weighted by Crippen LogP contribution is -2.37. The molecule has 1 atom stereocenters. The first kappa shape index (κ1) is 29.6. The molecule has 11 heteroatoms. The molecule has 0 fully saturated rings. The summed E-state index contributed by atoms with van der Waals surface area (Å²) in [6.07, 6.45) is 0. The predicted molar refractivity (Wildman–Crippen MR) is 169 cm³/mol. The Morgan fingerprint density at radius 1 is 0.907 bits per heavy atom. The number of carbonyl (C=O) groups is 1. The summed E-state index contributed by atoms with van der Waals surface area (Å²) in [5, 5.41) is 14.3. The van der Waals surface area contributed by atoms with Crippen molar-refractivity contribution < 1.29 is 18.1 Å². The van der Waals surface area contributed by atoms with Gasteiger partial charge in [0.15, 0.2) is 0 Å². The first-order chi connectivity index (χ1) is 20.6. The Balaban J connectivity index is 1.52. The average Bonchev–Trinajstić information content (AvgIpc) is 3.31. The second-order valence-corrected chi connectivity index (χ2v) is 12.3. The van der Waals surface area contributed by atoms with Crippen molar-refractivity contribution in [3.05, 3.63) is 130 Å². The minimum Gasteiger partial charge on any atom is -0.325 e. The van der Waals surface area contributed by atoms with Crippen molar-refractivity contribution in [3.63, 3.8) is 0 Å². The van der Waals surface area contributed by atoms with Crippen LogP contribution in [0.4, 0.5) is 22.7 Å². The third-order valence-corrected chi connectivity index (χ3v) is 8.85. The van der Waals surface area contributed by atoms with Gasteiger partial charge in [-0.3, -0.25) is 24.2 Å². The molecule has 5 rings (SSSR count). The number of anilines is 2. The van der Waals surface area contributed by atoms with Crippen molar-refractivity contribution in [1.82, 2.24) is 4.90 Å². The van der Waals surface area contributed by atoms with Gasteiger partial charge in [-0.2, -0.15) is 0 Å². The number of aliphatic imine (C=N–C) groups is 1. The largest absolute Gasteiger partial charge is 0.325 e. The van der Waals surface area contributed by atoms with Gasteiger partial charge in [0, 0.05) is 36.5 Å². The number of nitrogens with one attached hydrogen (secondary N) is 1. The van der Waals surface area contributed by atoms with E-state index in [1.54, 1.807) is 36.4 Å². The van der Waals surface area contributed by atoms with E-state index in [9.17, 15) is 23.3 Å². The number of likely N-dealkylation sites (N-methyl/N-ethyl adjacent to an activating group) is 1. The number of nitro groups is 1. The summed E-state index contributed by atoms with van der Waals surface area (Å²) in [4.78, 5) is 31.0. The van der Waals surface area contributed by atoms with E-state index in [2.05, 4.69) is 5.32 Å². The summed E-state index contributed by atoms with van der Waals surface area (Å²) in [5.41, 5.74) is 3.66. The van der Waals surface area contributed by atoms with E-state index in [1.807, 2.05) is 67.5 Å². The Morgan fingerprint density at radius 3 is 2.19 bits per heavy atom. The van der Waals surface area contributed by atoms with E-state index >= 15 is 0 Å².